The largest absolute Gasteiger partial charge is 0.462 e. The van der Waals surface area contributed by atoms with Crippen molar-refractivity contribution in [3.63, 3.8) is 0 Å². The highest BCUT2D eigenvalue weighted by Crippen LogP contribution is 2.58. The monoisotopic (exact) mass is 220 g/mol. The molecule has 0 aromatic heterocycles. The molecular weight excluding hydrogens is 204 g/mol. The minimum Gasteiger partial charge on any atom is -0.462 e. The second kappa shape index (κ2) is 3.19. The molecule has 3 rings (SSSR count). The molecule has 86 valence electrons. The van der Waals surface area contributed by atoms with Crippen molar-refractivity contribution in [3.05, 3.63) is 12.2 Å². The van der Waals surface area contributed by atoms with E-state index in [1.54, 1.807) is 6.92 Å². The number of fused-ring (bicyclic) bond motifs is 1. The van der Waals surface area contributed by atoms with Crippen molar-refractivity contribution in [2.24, 2.45) is 23.7 Å². The van der Waals surface area contributed by atoms with Gasteiger partial charge in [-0.2, -0.15) is 0 Å². The lowest BCUT2D eigenvalue weighted by Gasteiger charge is -2.24. The minimum atomic E-state index is -0.0252. The number of hydrogen-bond acceptors (Lipinski definition) is 3. The first-order chi connectivity index (χ1) is 7.58. The molecule has 3 nitrogen and oxygen atoms in total. The van der Waals surface area contributed by atoms with Gasteiger partial charge < -0.3 is 4.74 Å². The van der Waals surface area contributed by atoms with Crippen LogP contribution in [0.4, 0.5) is 0 Å². The Bertz CT molecular complexity index is 385. The Hall–Kier alpha value is -1.12. The molecule has 2 saturated carbocycles. The van der Waals surface area contributed by atoms with Crippen LogP contribution in [0.3, 0.4) is 0 Å². The van der Waals surface area contributed by atoms with Crippen LogP contribution in [-0.2, 0) is 14.3 Å². The van der Waals surface area contributed by atoms with E-state index in [9.17, 15) is 9.59 Å². The van der Waals surface area contributed by atoms with E-state index in [1.165, 1.54) is 0 Å². The molecule has 0 spiro atoms. The average Bonchev–Trinajstić information content (AvgIpc) is 2.81. The van der Waals surface area contributed by atoms with Crippen LogP contribution in [0.1, 0.15) is 26.2 Å². The fourth-order valence-electron chi connectivity index (χ4n) is 3.75. The third-order valence-corrected chi connectivity index (χ3v) is 4.55. The van der Waals surface area contributed by atoms with Gasteiger partial charge in [-0.3, -0.25) is 9.59 Å². The first-order valence-corrected chi connectivity index (χ1v) is 5.97. The Kier molecular flexibility index (Phi) is 2.00. The van der Waals surface area contributed by atoms with Crippen LogP contribution >= 0.6 is 0 Å². The first kappa shape index (κ1) is 10.1. The number of carbonyl (C=O) groups is 2. The van der Waals surface area contributed by atoms with Crippen LogP contribution in [0, 0.1) is 23.7 Å². The topological polar surface area (TPSA) is 43.4 Å². The molecule has 0 radical (unpaired) electrons. The molecule has 1 aliphatic heterocycles. The normalized spacial score (nSPS) is 43.6. The second-order valence-corrected chi connectivity index (χ2v) is 5.47. The first-order valence-electron chi connectivity index (χ1n) is 5.97. The summed E-state index contributed by atoms with van der Waals surface area (Å²) in [6, 6.07) is 0. The van der Waals surface area contributed by atoms with Gasteiger partial charge in [0.05, 0.1) is 5.92 Å². The number of esters is 1. The van der Waals surface area contributed by atoms with E-state index in [4.69, 9.17) is 4.74 Å². The van der Waals surface area contributed by atoms with Crippen molar-refractivity contribution >= 4 is 11.8 Å². The number of hydrogen-bond donors (Lipinski definition) is 0. The van der Waals surface area contributed by atoms with E-state index in [-0.39, 0.29) is 29.7 Å². The van der Waals surface area contributed by atoms with Crippen molar-refractivity contribution in [2.75, 3.05) is 0 Å². The smallest absolute Gasteiger partial charge is 0.309 e. The highest BCUT2D eigenvalue weighted by atomic mass is 16.6. The van der Waals surface area contributed by atoms with Gasteiger partial charge in [-0.1, -0.05) is 6.58 Å². The molecule has 3 fully saturated rings. The van der Waals surface area contributed by atoms with Gasteiger partial charge in [0, 0.05) is 18.3 Å². The second-order valence-electron chi connectivity index (χ2n) is 5.47. The summed E-state index contributed by atoms with van der Waals surface area (Å²) >= 11 is 0. The molecular formula is C13H16O3. The third kappa shape index (κ3) is 1.20. The van der Waals surface area contributed by atoms with Gasteiger partial charge in [-0.05, 0) is 31.3 Å². The molecule has 1 heterocycles. The van der Waals surface area contributed by atoms with Gasteiger partial charge in [0.2, 0.25) is 0 Å². The van der Waals surface area contributed by atoms with Gasteiger partial charge in [0.25, 0.3) is 0 Å². The van der Waals surface area contributed by atoms with Gasteiger partial charge in [-0.15, -0.1) is 0 Å². The lowest BCUT2D eigenvalue weighted by molar-refractivity contribution is -0.144. The van der Waals surface area contributed by atoms with Crippen molar-refractivity contribution in [2.45, 2.75) is 32.3 Å². The van der Waals surface area contributed by atoms with Crippen LogP contribution in [0.15, 0.2) is 12.2 Å². The predicted molar refractivity (Wildman–Crippen MR) is 57.5 cm³/mol. The highest BCUT2D eigenvalue weighted by molar-refractivity contribution is 5.94. The summed E-state index contributed by atoms with van der Waals surface area (Å²) in [7, 11) is 0. The maximum absolute atomic E-state index is 11.7. The minimum absolute atomic E-state index is 0.0252. The average molecular weight is 220 g/mol. The Morgan fingerprint density at radius 3 is 2.94 bits per heavy atom. The number of carbonyl (C=O) groups excluding carboxylic acids is 2. The highest BCUT2D eigenvalue weighted by Gasteiger charge is 2.61. The Morgan fingerprint density at radius 1 is 1.50 bits per heavy atom. The molecule has 5 unspecified atom stereocenters. The number of rotatable bonds is 3. The van der Waals surface area contributed by atoms with Crippen LogP contribution in [-0.4, -0.2) is 17.9 Å². The maximum Gasteiger partial charge on any atom is 0.309 e. The zero-order valence-electron chi connectivity index (χ0n) is 9.44. The van der Waals surface area contributed by atoms with E-state index in [1.807, 2.05) is 0 Å². The summed E-state index contributed by atoms with van der Waals surface area (Å²) in [4.78, 5) is 23.2. The molecule has 2 bridgehead atoms. The number of ether oxygens (including phenoxy) is 1. The Labute approximate surface area is 94.8 Å². The standard InChI is InChI=1S/C13H16O3/c1-6(2)11(14)5-8-7-3-9-10(4-7)13(15)16-12(8)9/h7-10,12H,1,3-5H2,2H3. The molecule has 5 atom stereocenters. The van der Waals surface area contributed by atoms with E-state index in [2.05, 4.69) is 6.58 Å². The number of ketones is 1. The van der Waals surface area contributed by atoms with E-state index in [0.29, 0.717) is 23.8 Å². The summed E-state index contributed by atoms with van der Waals surface area (Å²) in [5.41, 5.74) is 0.614. The lowest BCUT2D eigenvalue weighted by Crippen LogP contribution is -2.28. The zero-order valence-corrected chi connectivity index (χ0v) is 9.44. The molecule has 1 saturated heterocycles. The third-order valence-electron chi connectivity index (χ3n) is 4.55. The number of Topliss-reactive ketones (excluding diaryl/α,β-unsaturated/α-hetero) is 1. The quantitative estimate of drug-likeness (QED) is 0.537. The maximum atomic E-state index is 11.7. The van der Waals surface area contributed by atoms with E-state index >= 15 is 0 Å². The van der Waals surface area contributed by atoms with Gasteiger partial charge in [-0.25, -0.2) is 0 Å². The molecule has 0 aromatic rings. The van der Waals surface area contributed by atoms with Crippen molar-refractivity contribution < 1.29 is 14.3 Å². The fourth-order valence-corrected chi connectivity index (χ4v) is 3.75. The van der Waals surface area contributed by atoms with Crippen LogP contribution in [0.25, 0.3) is 0 Å². The van der Waals surface area contributed by atoms with Gasteiger partial charge in [0.15, 0.2) is 5.78 Å². The summed E-state index contributed by atoms with van der Waals surface area (Å²) in [6.07, 6.45) is 2.56. The fraction of sp³-hybridized carbons (Fsp3) is 0.692. The molecule has 2 aliphatic carbocycles. The number of allylic oxidation sites excluding steroid dienone is 1. The molecule has 16 heavy (non-hydrogen) atoms. The molecule has 3 heteroatoms. The van der Waals surface area contributed by atoms with Crippen LogP contribution in [0.5, 0.6) is 0 Å². The van der Waals surface area contributed by atoms with E-state index in [0.717, 1.165) is 12.8 Å². The SMILES string of the molecule is C=C(C)C(=O)CC1C2CC3C(=O)OC1C3C2. The van der Waals surface area contributed by atoms with Crippen molar-refractivity contribution in [1.29, 1.82) is 0 Å². The Balaban J connectivity index is 1.77. The zero-order chi connectivity index (χ0) is 11.4. The van der Waals surface area contributed by atoms with Crippen molar-refractivity contribution in [3.8, 4) is 0 Å². The van der Waals surface area contributed by atoms with Crippen LogP contribution in [0.2, 0.25) is 0 Å². The summed E-state index contributed by atoms with van der Waals surface area (Å²) < 4.78 is 5.41. The van der Waals surface area contributed by atoms with Crippen molar-refractivity contribution in [1.82, 2.24) is 0 Å². The molecule has 0 N–H and O–H groups in total. The lowest BCUT2D eigenvalue weighted by atomic mass is 9.79. The predicted octanol–water partition coefficient (Wildman–Crippen LogP) is 1.72. The molecule has 0 amide bonds. The van der Waals surface area contributed by atoms with Crippen LogP contribution < -0.4 is 0 Å². The molecule has 3 aliphatic rings. The Morgan fingerprint density at radius 2 is 2.25 bits per heavy atom. The summed E-state index contributed by atoms with van der Waals surface area (Å²) in [5.74, 6) is 1.43. The molecule has 0 aromatic carbocycles. The summed E-state index contributed by atoms with van der Waals surface area (Å²) in [5, 5.41) is 0. The van der Waals surface area contributed by atoms with Gasteiger partial charge in [0.1, 0.15) is 6.10 Å². The van der Waals surface area contributed by atoms with Gasteiger partial charge >= 0.3 is 5.97 Å². The van der Waals surface area contributed by atoms with E-state index < -0.39 is 0 Å². The summed E-state index contributed by atoms with van der Waals surface area (Å²) in [6.45, 7) is 5.43.